The van der Waals surface area contributed by atoms with Gasteiger partial charge in [-0.3, -0.25) is 0 Å². The van der Waals surface area contributed by atoms with Gasteiger partial charge in [0.2, 0.25) is 0 Å². The van der Waals surface area contributed by atoms with E-state index in [1.54, 1.807) is 6.20 Å². The fraction of sp³-hybridized carbons (Fsp3) is 0.500. The van der Waals surface area contributed by atoms with E-state index < -0.39 is 0 Å². The first-order valence-corrected chi connectivity index (χ1v) is 2.98. The molecule has 0 unspecified atom stereocenters. The van der Waals surface area contributed by atoms with Crippen molar-refractivity contribution in [1.29, 1.82) is 0 Å². The van der Waals surface area contributed by atoms with Gasteiger partial charge in [0, 0.05) is 6.42 Å². The van der Waals surface area contributed by atoms with Crippen molar-refractivity contribution >= 4 is 0 Å². The molecule has 1 aromatic rings. The monoisotopic (exact) mass is 123 g/mol. The molecule has 0 aliphatic carbocycles. The highest BCUT2D eigenvalue weighted by Gasteiger charge is 1.90. The van der Waals surface area contributed by atoms with Crippen molar-refractivity contribution < 1.29 is 0 Å². The van der Waals surface area contributed by atoms with Crippen molar-refractivity contribution in [3.8, 4) is 0 Å². The second-order valence-electron chi connectivity index (χ2n) is 1.87. The molecular formula is C6H9N3. The maximum absolute atomic E-state index is 4.12. The first kappa shape index (κ1) is 6.13. The number of rotatable bonds is 1. The Morgan fingerprint density at radius 1 is 1.56 bits per heavy atom. The molecule has 0 saturated heterocycles. The summed E-state index contributed by atoms with van der Waals surface area (Å²) in [4.78, 5) is 4.12. The Morgan fingerprint density at radius 3 is 2.78 bits per heavy atom. The summed E-state index contributed by atoms with van der Waals surface area (Å²) in [6.07, 6.45) is 2.51. The zero-order chi connectivity index (χ0) is 6.69. The molecule has 1 rings (SSSR count). The van der Waals surface area contributed by atoms with Crippen LogP contribution >= 0.6 is 0 Å². The summed E-state index contributed by atoms with van der Waals surface area (Å²) in [6.45, 7) is 3.92. The topological polar surface area (TPSA) is 38.7 Å². The van der Waals surface area contributed by atoms with Crippen LogP contribution in [-0.4, -0.2) is 15.2 Å². The van der Waals surface area contributed by atoms with Crippen molar-refractivity contribution in [1.82, 2.24) is 15.2 Å². The molecule has 48 valence electrons. The fourth-order valence-corrected chi connectivity index (χ4v) is 0.584. The summed E-state index contributed by atoms with van der Waals surface area (Å²) in [7, 11) is 0. The van der Waals surface area contributed by atoms with Gasteiger partial charge >= 0.3 is 0 Å². The molecule has 0 amide bonds. The van der Waals surface area contributed by atoms with E-state index >= 15 is 0 Å². The van der Waals surface area contributed by atoms with Gasteiger partial charge in [-0.2, -0.15) is 5.10 Å². The highest BCUT2D eigenvalue weighted by molar-refractivity contribution is 4.92. The molecule has 0 saturated carbocycles. The number of aromatic nitrogens is 3. The minimum absolute atomic E-state index is 0.815. The predicted octanol–water partition coefficient (Wildman–Crippen LogP) is 0.742. The predicted molar refractivity (Wildman–Crippen MR) is 33.9 cm³/mol. The number of aryl methyl sites for hydroxylation is 2. The van der Waals surface area contributed by atoms with E-state index in [0.29, 0.717) is 0 Å². The first-order chi connectivity index (χ1) is 4.33. The third-order valence-corrected chi connectivity index (χ3v) is 1.04. The molecule has 0 atom stereocenters. The van der Waals surface area contributed by atoms with Gasteiger partial charge in [0.1, 0.15) is 0 Å². The molecule has 1 heterocycles. The molecule has 0 fully saturated rings. The maximum Gasteiger partial charge on any atom is 0.150 e. The Balaban J connectivity index is 2.94. The van der Waals surface area contributed by atoms with Crippen molar-refractivity contribution in [3.05, 3.63) is 17.7 Å². The lowest BCUT2D eigenvalue weighted by molar-refractivity contribution is 0.829. The molecule has 3 nitrogen and oxygen atoms in total. The van der Waals surface area contributed by atoms with Gasteiger partial charge in [0.15, 0.2) is 5.82 Å². The quantitative estimate of drug-likeness (QED) is 0.553. The summed E-state index contributed by atoms with van der Waals surface area (Å²) in [5.41, 5.74) is 0.932. The first-order valence-electron chi connectivity index (χ1n) is 2.98. The van der Waals surface area contributed by atoms with E-state index in [2.05, 4.69) is 15.2 Å². The van der Waals surface area contributed by atoms with Crippen LogP contribution in [0.1, 0.15) is 18.4 Å². The lowest BCUT2D eigenvalue weighted by Gasteiger charge is -1.91. The lowest BCUT2D eigenvalue weighted by atomic mass is 10.4. The normalized spacial score (nSPS) is 9.56. The zero-order valence-electron chi connectivity index (χ0n) is 5.63. The van der Waals surface area contributed by atoms with Gasteiger partial charge in [0.05, 0.1) is 11.9 Å². The summed E-state index contributed by atoms with van der Waals surface area (Å²) in [5.74, 6) is 0.815. The largest absolute Gasteiger partial charge is 0.235 e. The molecule has 0 bridgehead atoms. The minimum atomic E-state index is 0.815. The van der Waals surface area contributed by atoms with Crippen molar-refractivity contribution in [3.63, 3.8) is 0 Å². The number of hydrogen-bond donors (Lipinski definition) is 0. The number of nitrogens with zero attached hydrogens (tertiary/aromatic N) is 3. The van der Waals surface area contributed by atoms with Crippen LogP contribution in [0.3, 0.4) is 0 Å². The van der Waals surface area contributed by atoms with Gasteiger partial charge in [-0.05, 0) is 6.92 Å². The summed E-state index contributed by atoms with van der Waals surface area (Å²) < 4.78 is 0. The Hall–Kier alpha value is -0.990. The van der Waals surface area contributed by atoms with Crippen molar-refractivity contribution in [2.24, 2.45) is 0 Å². The van der Waals surface area contributed by atoms with Crippen molar-refractivity contribution in [2.45, 2.75) is 20.3 Å². The van der Waals surface area contributed by atoms with E-state index in [9.17, 15) is 0 Å². The second kappa shape index (κ2) is 2.53. The molecule has 0 aliphatic heterocycles. The van der Waals surface area contributed by atoms with Crippen molar-refractivity contribution in [2.75, 3.05) is 0 Å². The molecule has 0 N–H and O–H groups in total. The van der Waals surface area contributed by atoms with Crippen LogP contribution < -0.4 is 0 Å². The van der Waals surface area contributed by atoms with Gasteiger partial charge in [0.25, 0.3) is 0 Å². The third-order valence-electron chi connectivity index (χ3n) is 1.04. The Bertz CT molecular complexity index is 197. The van der Waals surface area contributed by atoms with E-state index in [-0.39, 0.29) is 0 Å². The third kappa shape index (κ3) is 1.45. The molecule has 0 spiro atoms. The van der Waals surface area contributed by atoms with Crippen LogP contribution in [0, 0.1) is 6.92 Å². The number of hydrogen-bond acceptors (Lipinski definition) is 3. The molecule has 0 aromatic carbocycles. The summed E-state index contributed by atoms with van der Waals surface area (Å²) in [6, 6.07) is 0. The average molecular weight is 123 g/mol. The smallest absolute Gasteiger partial charge is 0.150 e. The Labute approximate surface area is 54.2 Å². The van der Waals surface area contributed by atoms with Gasteiger partial charge in [-0.1, -0.05) is 6.92 Å². The Kier molecular flexibility index (Phi) is 1.72. The highest BCUT2D eigenvalue weighted by Crippen LogP contribution is 1.89. The SMILES string of the molecule is CCc1nncc(C)n1. The van der Waals surface area contributed by atoms with Crippen LogP contribution in [0.15, 0.2) is 6.20 Å². The van der Waals surface area contributed by atoms with Gasteiger partial charge < -0.3 is 0 Å². The van der Waals surface area contributed by atoms with Crippen LogP contribution in [0.5, 0.6) is 0 Å². The van der Waals surface area contributed by atoms with Crippen LogP contribution in [-0.2, 0) is 6.42 Å². The lowest BCUT2D eigenvalue weighted by Crippen LogP contribution is -1.96. The van der Waals surface area contributed by atoms with E-state index in [0.717, 1.165) is 17.9 Å². The highest BCUT2D eigenvalue weighted by atomic mass is 15.1. The van der Waals surface area contributed by atoms with E-state index in [4.69, 9.17) is 0 Å². The zero-order valence-corrected chi connectivity index (χ0v) is 5.63. The maximum atomic E-state index is 4.12. The van der Waals surface area contributed by atoms with Gasteiger partial charge in [-0.15, -0.1) is 5.10 Å². The molecular weight excluding hydrogens is 114 g/mol. The van der Waals surface area contributed by atoms with Crippen LogP contribution in [0.25, 0.3) is 0 Å². The van der Waals surface area contributed by atoms with Gasteiger partial charge in [-0.25, -0.2) is 4.98 Å². The average Bonchev–Trinajstić information content (AvgIpc) is 1.88. The molecule has 9 heavy (non-hydrogen) atoms. The summed E-state index contributed by atoms with van der Waals surface area (Å²) >= 11 is 0. The summed E-state index contributed by atoms with van der Waals surface area (Å²) in [5, 5.41) is 7.54. The van der Waals surface area contributed by atoms with E-state index in [1.807, 2.05) is 13.8 Å². The molecule has 0 radical (unpaired) electrons. The molecule has 1 aromatic heterocycles. The molecule has 3 heteroatoms. The molecule has 0 aliphatic rings. The van der Waals surface area contributed by atoms with E-state index in [1.165, 1.54) is 0 Å². The fourth-order valence-electron chi connectivity index (χ4n) is 0.584. The minimum Gasteiger partial charge on any atom is -0.235 e. The van der Waals surface area contributed by atoms with Crippen LogP contribution in [0.4, 0.5) is 0 Å². The second-order valence-corrected chi connectivity index (χ2v) is 1.87. The standard InChI is InChI=1S/C6H9N3/c1-3-6-8-5(2)4-7-9-6/h4H,3H2,1-2H3. The van der Waals surface area contributed by atoms with Crippen LogP contribution in [0.2, 0.25) is 0 Å². The Morgan fingerprint density at radius 2 is 2.33 bits per heavy atom.